The summed E-state index contributed by atoms with van der Waals surface area (Å²) in [4.78, 5) is 13.3. The van der Waals surface area contributed by atoms with E-state index in [0.29, 0.717) is 5.56 Å². The molecule has 0 fully saturated rings. The molecule has 0 saturated heterocycles. The first-order valence-electron chi connectivity index (χ1n) is 5.69. The lowest BCUT2D eigenvalue weighted by Crippen LogP contribution is -2.24. The molecule has 0 heterocycles. The van der Waals surface area contributed by atoms with Crippen molar-refractivity contribution in [2.24, 2.45) is 0 Å². The zero-order valence-electron chi connectivity index (χ0n) is 10.7. The van der Waals surface area contributed by atoms with E-state index in [2.05, 4.69) is 11.5 Å². The Labute approximate surface area is 102 Å². The van der Waals surface area contributed by atoms with Gasteiger partial charge in [-0.2, -0.15) is 0 Å². The van der Waals surface area contributed by atoms with Crippen molar-refractivity contribution in [1.29, 1.82) is 0 Å². The number of carbonyl (C=O) groups excluding carboxylic acids is 1. The summed E-state index contributed by atoms with van der Waals surface area (Å²) in [6, 6.07) is 5.14. The van der Waals surface area contributed by atoms with Gasteiger partial charge >= 0.3 is 0 Å². The van der Waals surface area contributed by atoms with Crippen LogP contribution in [0.15, 0.2) is 30.4 Å². The number of benzene rings is 1. The molecule has 92 valence electrons. The molecule has 0 aliphatic heterocycles. The minimum absolute atomic E-state index is 0.0372. The number of phenolic OH excluding ortho intramolecular Hbond substituents is 1. The zero-order chi connectivity index (χ0) is 13.0. The molecular weight excluding hydrogens is 214 g/mol. The van der Waals surface area contributed by atoms with Gasteiger partial charge in [-0.1, -0.05) is 12.2 Å². The zero-order valence-corrected chi connectivity index (χ0v) is 10.7. The summed E-state index contributed by atoms with van der Waals surface area (Å²) in [5, 5.41) is 9.77. The first-order valence-corrected chi connectivity index (χ1v) is 5.69. The minimum atomic E-state index is -0.128. The van der Waals surface area contributed by atoms with E-state index < -0.39 is 0 Å². The van der Waals surface area contributed by atoms with Crippen LogP contribution in [0, 0.1) is 0 Å². The molecule has 0 atom stereocenters. The van der Waals surface area contributed by atoms with Gasteiger partial charge in [0.25, 0.3) is 0 Å². The number of phenols is 1. The monoisotopic (exact) mass is 233 g/mol. The lowest BCUT2D eigenvalue weighted by Gasteiger charge is -2.23. The van der Waals surface area contributed by atoms with Crippen molar-refractivity contribution >= 4 is 11.5 Å². The van der Waals surface area contributed by atoms with E-state index in [9.17, 15) is 9.90 Å². The molecule has 1 rings (SSSR count). The summed E-state index contributed by atoms with van der Waals surface area (Å²) in [7, 11) is 0. The van der Waals surface area contributed by atoms with Gasteiger partial charge in [-0.3, -0.25) is 4.79 Å². The Balaban J connectivity index is 3.02. The van der Waals surface area contributed by atoms with Crippen molar-refractivity contribution in [3.8, 4) is 5.75 Å². The molecule has 1 aromatic carbocycles. The lowest BCUT2D eigenvalue weighted by atomic mass is 10.1. The molecule has 3 heteroatoms. The van der Waals surface area contributed by atoms with Crippen LogP contribution in [-0.2, 0) is 0 Å². The number of ketones is 1. The third-order valence-corrected chi connectivity index (χ3v) is 2.57. The number of anilines is 1. The Bertz CT molecular complexity index is 438. The van der Waals surface area contributed by atoms with Crippen LogP contribution in [0.5, 0.6) is 5.75 Å². The standard InChI is InChI=1S/C14H19NO2/c1-5-15(9-10(2)3)12-6-7-13(11(4)16)14(17)8-12/h6-8,17H,2,5,9H2,1,3-4H3. The second-order valence-electron chi connectivity index (χ2n) is 4.23. The highest BCUT2D eigenvalue weighted by atomic mass is 16.3. The Morgan fingerprint density at radius 2 is 2.06 bits per heavy atom. The number of aromatic hydroxyl groups is 1. The number of hydrogen-bond acceptors (Lipinski definition) is 3. The van der Waals surface area contributed by atoms with Crippen LogP contribution in [0.4, 0.5) is 5.69 Å². The molecule has 0 bridgehead atoms. The van der Waals surface area contributed by atoms with Crippen molar-refractivity contribution in [2.75, 3.05) is 18.0 Å². The van der Waals surface area contributed by atoms with Crippen LogP contribution >= 0.6 is 0 Å². The third kappa shape index (κ3) is 3.34. The number of nitrogens with zero attached hydrogens (tertiary/aromatic N) is 1. The molecule has 17 heavy (non-hydrogen) atoms. The molecule has 0 saturated carbocycles. The molecule has 0 spiro atoms. The predicted octanol–water partition coefficient (Wildman–Crippen LogP) is 3.00. The van der Waals surface area contributed by atoms with Gasteiger partial charge in [0.2, 0.25) is 0 Å². The first kappa shape index (κ1) is 13.3. The molecular formula is C14H19NO2. The van der Waals surface area contributed by atoms with Gasteiger partial charge in [-0.25, -0.2) is 0 Å². The molecule has 0 unspecified atom stereocenters. The summed E-state index contributed by atoms with van der Waals surface area (Å²) < 4.78 is 0. The molecule has 0 aliphatic carbocycles. The fourth-order valence-corrected chi connectivity index (χ4v) is 1.73. The molecule has 0 amide bonds. The summed E-state index contributed by atoms with van der Waals surface area (Å²) >= 11 is 0. The minimum Gasteiger partial charge on any atom is -0.507 e. The molecule has 0 aromatic heterocycles. The lowest BCUT2D eigenvalue weighted by molar-refractivity contribution is 0.101. The molecule has 1 aromatic rings. The maximum atomic E-state index is 11.2. The largest absolute Gasteiger partial charge is 0.507 e. The summed E-state index contributed by atoms with van der Waals surface area (Å²) in [5.74, 6) is -0.0906. The third-order valence-electron chi connectivity index (χ3n) is 2.57. The number of hydrogen-bond donors (Lipinski definition) is 1. The van der Waals surface area contributed by atoms with Crippen LogP contribution in [0.1, 0.15) is 31.1 Å². The molecule has 0 aliphatic rings. The number of Topliss-reactive ketones (excluding diaryl/α,β-unsaturated/α-hetero) is 1. The topological polar surface area (TPSA) is 40.5 Å². The van der Waals surface area contributed by atoms with Gasteiger partial charge in [0.15, 0.2) is 5.78 Å². The molecule has 3 nitrogen and oxygen atoms in total. The van der Waals surface area contributed by atoms with E-state index >= 15 is 0 Å². The van der Waals surface area contributed by atoms with Gasteiger partial charge in [-0.05, 0) is 32.9 Å². The predicted molar refractivity (Wildman–Crippen MR) is 70.8 cm³/mol. The SMILES string of the molecule is C=C(C)CN(CC)c1ccc(C(C)=O)c(O)c1. The highest BCUT2D eigenvalue weighted by Crippen LogP contribution is 2.25. The quantitative estimate of drug-likeness (QED) is 0.628. The maximum Gasteiger partial charge on any atom is 0.163 e. The smallest absolute Gasteiger partial charge is 0.163 e. The van der Waals surface area contributed by atoms with E-state index in [-0.39, 0.29) is 11.5 Å². The van der Waals surface area contributed by atoms with E-state index in [4.69, 9.17) is 0 Å². The van der Waals surface area contributed by atoms with Crippen LogP contribution in [0.25, 0.3) is 0 Å². The average Bonchev–Trinajstić information content (AvgIpc) is 2.24. The van der Waals surface area contributed by atoms with Crippen molar-refractivity contribution in [1.82, 2.24) is 0 Å². The Kier molecular flexibility index (Phi) is 4.32. The second-order valence-corrected chi connectivity index (χ2v) is 4.23. The van der Waals surface area contributed by atoms with E-state index in [1.54, 1.807) is 12.1 Å². The fourth-order valence-electron chi connectivity index (χ4n) is 1.73. The van der Waals surface area contributed by atoms with Crippen LogP contribution in [-0.4, -0.2) is 24.0 Å². The van der Waals surface area contributed by atoms with Crippen LogP contribution < -0.4 is 4.90 Å². The van der Waals surface area contributed by atoms with Crippen LogP contribution in [0.2, 0.25) is 0 Å². The normalized spacial score (nSPS) is 10.1. The molecule has 0 radical (unpaired) electrons. The van der Waals surface area contributed by atoms with Gasteiger partial charge in [0.05, 0.1) is 5.56 Å². The van der Waals surface area contributed by atoms with E-state index in [0.717, 1.165) is 24.4 Å². The Morgan fingerprint density at radius 3 is 2.47 bits per heavy atom. The van der Waals surface area contributed by atoms with Gasteiger partial charge in [0, 0.05) is 24.8 Å². The average molecular weight is 233 g/mol. The van der Waals surface area contributed by atoms with Crippen molar-refractivity contribution in [3.05, 3.63) is 35.9 Å². The Hall–Kier alpha value is -1.77. The van der Waals surface area contributed by atoms with Gasteiger partial charge in [-0.15, -0.1) is 0 Å². The van der Waals surface area contributed by atoms with Crippen molar-refractivity contribution < 1.29 is 9.90 Å². The van der Waals surface area contributed by atoms with Crippen LogP contribution in [0.3, 0.4) is 0 Å². The van der Waals surface area contributed by atoms with E-state index in [1.807, 2.05) is 19.9 Å². The summed E-state index contributed by atoms with van der Waals surface area (Å²) in [6.45, 7) is 10.9. The number of likely N-dealkylation sites (N-methyl/N-ethyl adjacent to an activating group) is 1. The summed E-state index contributed by atoms with van der Waals surface area (Å²) in [5.41, 5.74) is 2.32. The maximum absolute atomic E-state index is 11.2. The highest BCUT2D eigenvalue weighted by molar-refractivity contribution is 5.97. The number of rotatable bonds is 5. The first-order chi connectivity index (χ1) is 7.95. The van der Waals surface area contributed by atoms with Gasteiger partial charge < -0.3 is 10.0 Å². The van der Waals surface area contributed by atoms with Crippen molar-refractivity contribution in [2.45, 2.75) is 20.8 Å². The van der Waals surface area contributed by atoms with E-state index in [1.165, 1.54) is 6.92 Å². The molecule has 1 N–H and O–H groups in total. The summed E-state index contributed by atoms with van der Waals surface area (Å²) in [6.07, 6.45) is 0. The van der Waals surface area contributed by atoms with Crippen molar-refractivity contribution in [3.63, 3.8) is 0 Å². The highest BCUT2D eigenvalue weighted by Gasteiger charge is 2.10. The Morgan fingerprint density at radius 1 is 1.41 bits per heavy atom. The van der Waals surface area contributed by atoms with Gasteiger partial charge in [0.1, 0.15) is 5.75 Å². The second kappa shape index (κ2) is 5.53. The fraction of sp³-hybridized carbons (Fsp3) is 0.357. The number of carbonyl (C=O) groups is 1.